The van der Waals surface area contributed by atoms with Crippen molar-refractivity contribution < 1.29 is 0 Å². The molecule has 1 aliphatic rings. The fraction of sp³-hybridized carbons (Fsp3) is 0.600. The fourth-order valence-corrected chi connectivity index (χ4v) is 2.24. The molecule has 1 aliphatic carbocycles. The van der Waals surface area contributed by atoms with Crippen LogP contribution in [0.2, 0.25) is 0 Å². The Bertz CT molecular complexity index is 350. The molecule has 0 spiro atoms. The SMILES string of the molecule is CNCC1(CNc2ccc(C(C)C)cc2)CC1. The van der Waals surface area contributed by atoms with Crippen molar-refractivity contribution in [1.29, 1.82) is 0 Å². The van der Waals surface area contributed by atoms with Gasteiger partial charge in [0.05, 0.1) is 0 Å². The first-order valence-corrected chi connectivity index (χ1v) is 6.64. The third kappa shape index (κ3) is 3.22. The lowest BCUT2D eigenvalue weighted by atomic mass is 10.0. The molecule has 0 aliphatic heterocycles. The fourth-order valence-electron chi connectivity index (χ4n) is 2.24. The number of benzene rings is 1. The van der Waals surface area contributed by atoms with Crippen LogP contribution in [0.15, 0.2) is 24.3 Å². The van der Waals surface area contributed by atoms with Crippen molar-refractivity contribution >= 4 is 5.69 Å². The normalized spacial score (nSPS) is 17.2. The predicted octanol–water partition coefficient (Wildman–Crippen LogP) is 3.22. The summed E-state index contributed by atoms with van der Waals surface area (Å²) in [5.41, 5.74) is 3.18. The summed E-state index contributed by atoms with van der Waals surface area (Å²) in [5, 5.41) is 6.85. The summed E-state index contributed by atoms with van der Waals surface area (Å²) in [7, 11) is 2.04. The standard InChI is InChI=1S/C15H24N2/c1-12(2)13-4-6-14(7-5-13)17-11-15(8-9-15)10-16-3/h4-7,12,16-17H,8-11H2,1-3H3. The molecule has 2 heteroatoms. The van der Waals surface area contributed by atoms with E-state index in [1.54, 1.807) is 0 Å². The van der Waals surface area contributed by atoms with Crippen molar-refractivity contribution in [3.05, 3.63) is 29.8 Å². The first kappa shape index (κ1) is 12.4. The summed E-state index contributed by atoms with van der Waals surface area (Å²) in [5.74, 6) is 0.614. The van der Waals surface area contributed by atoms with E-state index in [0.29, 0.717) is 11.3 Å². The van der Waals surface area contributed by atoms with Crippen LogP contribution in [0, 0.1) is 5.41 Å². The Kier molecular flexibility index (Phi) is 3.72. The highest BCUT2D eigenvalue weighted by atomic mass is 14.9. The molecule has 0 radical (unpaired) electrons. The molecule has 2 nitrogen and oxygen atoms in total. The maximum atomic E-state index is 3.56. The van der Waals surface area contributed by atoms with Gasteiger partial charge in [0.15, 0.2) is 0 Å². The van der Waals surface area contributed by atoms with Gasteiger partial charge in [-0.15, -0.1) is 0 Å². The molecule has 1 fully saturated rings. The average molecular weight is 232 g/mol. The van der Waals surface area contributed by atoms with Crippen LogP contribution in [-0.2, 0) is 0 Å². The second kappa shape index (κ2) is 5.09. The van der Waals surface area contributed by atoms with Gasteiger partial charge in [-0.25, -0.2) is 0 Å². The average Bonchev–Trinajstić information content (AvgIpc) is 3.08. The summed E-state index contributed by atoms with van der Waals surface area (Å²) in [6.07, 6.45) is 2.70. The topological polar surface area (TPSA) is 24.1 Å². The van der Waals surface area contributed by atoms with Crippen LogP contribution in [-0.4, -0.2) is 20.1 Å². The van der Waals surface area contributed by atoms with Crippen molar-refractivity contribution in [2.75, 3.05) is 25.5 Å². The van der Waals surface area contributed by atoms with Gasteiger partial charge in [-0.2, -0.15) is 0 Å². The van der Waals surface area contributed by atoms with Gasteiger partial charge in [0.1, 0.15) is 0 Å². The minimum absolute atomic E-state index is 0.519. The van der Waals surface area contributed by atoms with Crippen molar-refractivity contribution in [2.45, 2.75) is 32.6 Å². The second-order valence-electron chi connectivity index (χ2n) is 5.66. The zero-order valence-electron chi connectivity index (χ0n) is 11.2. The Balaban J connectivity index is 1.87. The number of nitrogens with one attached hydrogen (secondary N) is 2. The Morgan fingerprint density at radius 2 is 1.76 bits per heavy atom. The van der Waals surface area contributed by atoms with Crippen molar-refractivity contribution in [1.82, 2.24) is 5.32 Å². The first-order valence-electron chi connectivity index (χ1n) is 6.64. The maximum absolute atomic E-state index is 3.56. The number of hydrogen-bond acceptors (Lipinski definition) is 2. The van der Waals surface area contributed by atoms with E-state index >= 15 is 0 Å². The third-order valence-corrected chi connectivity index (χ3v) is 3.75. The predicted molar refractivity (Wildman–Crippen MR) is 74.6 cm³/mol. The highest BCUT2D eigenvalue weighted by Gasteiger charge is 2.41. The molecular formula is C15H24N2. The van der Waals surface area contributed by atoms with E-state index < -0.39 is 0 Å². The lowest BCUT2D eigenvalue weighted by Crippen LogP contribution is -2.26. The summed E-state index contributed by atoms with van der Waals surface area (Å²) >= 11 is 0. The van der Waals surface area contributed by atoms with Crippen LogP contribution in [0.25, 0.3) is 0 Å². The van der Waals surface area contributed by atoms with Crippen LogP contribution in [0.5, 0.6) is 0 Å². The van der Waals surface area contributed by atoms with Gasteiger partial charge in [0.2, 0.25) is 0 Å². The molecule has 1 aromatic rings. The Morgan fingerprint density at radius 3 is 2.24 bits per heavy atom. The Hall–Kier alpha value is -1.02. The van der Waals surface area contributed by atoms with Crippen LogP contribution >= 0.6 is 0 Å². The molecule has 0 unspecified atom stereocenters. The van der Waals surface area contributed by atoms with Crippen LogP contribution in [0.1, 0.15) is 38.2 Å². The molecule has 2 rings (SSSR count). The molecule has 0 saturated heterocycles. The Morgan fingerprint density at radius 1 is 1.12 bits per heavy atom. The molecule has 1 aromatic carbocycles. The minimum atomic E-state index is 0.519. The van der Waals surface area contributed by atoms with Crippen molar-refractivity contribution in [3.63, 3.8) is 0 Å². The molecule has 0 amide bonds. The van der Waals surface area contributed by atoms with Gasteiger partial charge in [-0.3, -0.25) is 0 Å². The van der Waals surface area contributed by atoms with E-state index in [-0.39, 0.29) is 0 Å². The number of rotatable bonds is 6. The van der Waals surface area contributed by atoms with Crippen LogP contribution in [0.4, 0.5) is 5.69 Å². The summed E-state index contributed by atoms with van der Waals surface area (Å²) in [4.78, 5) is 0. The van der Waals surface area contributed by atoms with Gasteiger partial charge < -0.3 is 10.6 Å². The van der Waals surface area contributed by atoms with Crippen molar-refractivity contribution in [3.8, 4) is 0 Å². The molecule has 94 valence electrons. The van der Waals surface area contributed by atoms with Crippen molar-refractivity contribution in [2.24, 2.45) is 5.41 Å². The highest BCUT2D eigenvalue weighted by molar-refractivity contribution is 5.45. The molecule has 17 heavy (non-hydrogen) atoms. The largest absolute Gasteiger partial charge is 0.384 e. The van der Waals surface area contributed by atoms with Gasteiger partial charge in [-0.1, -0.05) is 26.0 Å². The van der Waals surface area contributed by atoms with E-state index in [0.717, 1.165) is 13.1 Å². The molecule has 2 N–H and O–H groups in total. The molecule has 0 atom stereocenters. The quantitative estimate of drug-likeness (QED) is 0.787. The van der Waals surface area contributed by atoms with E-state index in [9.17, 15) is 0 Å². The smallest absolute Gasteiger partial charge is 0.0340 e. The zero-order valence-corrected chi connectivity index (χ0v) is 11.2. The third-order valence-electron chi connectivity index (χ3n) is 3.75. The molecule has 0 heterocycles. The minimum Gasteiger partial charge on any atom is -0.384 e. The summed E-state index contributed by atoms with van der Waals surface area (Å²) in [6.45, 7) is 6.68. The van der Waals surface area contributed by atoms with Gasteiger partial charge >= 0.3 is 0 Å². The van der Waals surface area contributed by atoms with E-state index in [4.69, 9.17) is 0 Å². The Labute approximate surface area is 105 Å². The van der Waals surface area contributed by atoms with Gasteiger partial charge in [0, 0.05) is 24.2 Å². The lowest BCUT2D eigenvalue weighted by molar-refractivity contribution is 0.507. The van der Waals surface area contributed by atoms with E-state index in [2.05, 4.69) is 48.7 Å². The first-order chi connectivity index (χ1) is 8.15. The molecule has 1 saturated carbocycles. The number of anilines is 1. The lowest BCUT2D eigenvalue weighted by Gasteiger charge is -2.16. The highest BCUT2D eigenvalue weighted by Crippen LogP contribution is 2.44. The number of hydrogen-bond donors (Lipinski definition) is 2. The van der Waals surface area contributed by atoms with Gasteiger partial charge in [-0.05, 0) is 43.5 Å². The second-order valence-corrected chi connectivity index (χ2v) is 5.66. The summed E-state index contributed by atoms with van der Waals surface area (Å²) < 4.78 is 0. The van der Waals surface area contributed by atoms with Crippen LogP contribution in [0.3, 0.4) is 0 Å². The van der Waals surface area contributed by atoms with E-state index in [1.807, 2.05) is 7.05 Å². The van der Waals surface area contributed by atoms with Gasteiger partial charge in [0.25, 0.3) is 0 Å². The monoisotopic (exact) mass is 232 g/mol. The zero-order chi connectivity index (χ0) is 12.3. The van der Waals surface area contributed by atoms with E-state index in [1.165, 1.54) is 24.1 Å². The summed E-state index contributed by atoms with van der Waals surface area (Å²) in [6, 6.07) is 8.85. The molecule has 0 aromatic heterocycles. The van der Waals surface area contributed by atoms with Crippen LogP contribution < -0.4 is 10.6 Å². The maximum Gasteiger partial charge on any atom is 0.0340 e. The molecular weight excluding hydrogens is 208 g/mol. The molecule has 0 bridgehead atoms.